The lowest BCUT2D eigenvalue weighted by atomic mass is 10.1. The minimum absolute atomic E-state index is 0.284. The van der Waals surface area contributed by atoms with E-state index in [4.69, 9.17) is 9.63 Å². The minimum atomic E-state index is -0.921. The van der Waals surface area contributed by atoms with Gasteiger partial charge in [0.1, 0.15) is 0 Å². The molecule has 0 amide bonds. The molecule has 0 aliphatic rings. The van der Waals surface area contributed by atoms with E-state index in [1.807, 2.05) is 0 Å². The van der Waals surface area contributed by atoms with Gasteiger partial charge in [0.05, 0.1) is 24.3 Å². The fourth-order valence-corrected chi connectivity index (χ4v) is 2.24. The monoisotopic (exact) mass is 361 g/mol. The van der Waals surface area contributed by atoms with Gasteiger partial charge < -0.3 is 9.63 Å². The molecule has 0 saturated heterocycles. The van der Waals surface area contributed by atoms with Crippen molar-refractivity contribution >= 4 is 45.2 Å². The molecule has 1 aromatic carbocycles. The summed E-state index contributed by atoms with van der Waals surface area (Å²) in [5.74, 6) is -0.921. The summed E-state index contributed by atoms with van der Waals surface area (Å²) in [4.78, 5) is 15.1. The quantitative estimate of drug-likeness (QED) is 0.670. The first-order valence-electron chi connectivity index (χ1n) is 4.80. The van der Waals surface area contributed by atoms with E-state index in [0.717, 1.165) is 16.5 Å². The molecule has 0 fully saturated rings. The van der Waals surface area contributed by atoms with Gasteiger partial charge in [-0.15, -0.1) is 0 Å². The number of aromatic carboxylic acids is 1. The Balaban J connectivity index is 2.47. The normalized spacial score (nSPS) is 11.4. The van der Waals surface area contributed by atoms with E-state index in [2.05, 4.69) is 27.0 Å². The van der Waals surface area contributed by atoms with Crippen LogP contribution in [0.25, 0.3) is 10.8 Å². The van der Waals surface area contributed by atoms with E-state index in [0.29, 0.717) is 13.1 Å². The van der Waals surface area contributed by atoms with Gasteiger partial charge >= 0.3 is 5.97 Å². The Labute approximate surface area is 113 Å². The van der Waals surface area contributed by atoms with E-state index in [-0.39, 0.29) is 5.56 Å². The van der Waals surface area contributed by atoms with Crippen molar-refractivity contribution in [3.8, 4) is 0 Å². The molecule has 1 N–H and O–H groups in total. The molecule has 1 heterocycles. The van der Waals surface area contributed by atoms with E-state index in [1.165, 1.54) is 0 Å². The van der Waals surface area contributed by atoms with Gasteiger partial charge in [0.15, 0.2) is 0 Å². The van der Waals surface area contributed by atoms with Gasteiger partial charge in [-0.1, -0.05) is 6.07 Å². The predicted octanol–water partition coefficient (Wildman–Crippen LogP) is 3.39. The van der Waals surface area contributed by atoms with Crippen molar-refractivity contribution in [3.63, 3.8) is 0 Å². The summed E-state index contributed by atoms with van der Waals surface area (Å²) in [5.41, 5.74) is 1.12. The number of carbonyl (C=O) groups is 1. The Morgan fingerprint density at radius 2 is 2.29 bits per heavy atom. The van der Waals surface area contributed by atoms with Gasteiger partial charge in [-0.2, -0.15) is 0 Å². The zero-order valence-electron chi connectivity index (χ0n) is 8.68. The van der Waals surface area contributed by atoms with Crippen LogP contribution in [-0.4, -0.2) is 16.1 Å². The summed E-state index contributed by atoms with van der Waals surface area (Å²) < 4.78 is 5.34. The number of carboxylic acid groups (broad SMARTS) is 1. The van der Waals surface area contributed by atoms with Crippen molar-refractivity contribution in [1.29, 1.82) is 0 Å². The van der Waals surface area contributed by atoms with Crippen LogP contribution in [0.4, 0.5) is 0 Å². The number of benzene rings is 1. The van der Waals surface area contributed by atoms with Crippen LogP contribution >= 0.6 is 28.5 Å². The molecule has 2 aromatic rings. The zero-order valence-corrected chi connectivity index (χ0v) is 11.8. The third-order valence-electron chi connectivity index (χ3n) is 2.36. The lowest BCUT2D eigenvalue weighted by Gasteiger charge is -2.05. The number of nitrogens with zero attached hydrogens (tertiary/aromatic N) is 1. The second kappa shape index (κ2) is 5.71. The Bertz CT molecular complexity index is 561. The second-order valence-electron chi connectivity index (χ2n) is 3.36. The minimum Gasteiger partial charge on any atom is -0.478 e. The highest BCUT2D eigenvalue weighted by molar-refractivity contribution is 14.2. The van der Waals surface area contributed by atoms with Gasteiger partial charge in [-0.25, -0.2) is 4.79 Å². The molecular weight excluding hydrogens is 352 g/mol. The fraction of sp³-hybridized carbons (Fsp3) is 0.0909. The topological polar surface area (TPSA) is 59.4 Å². The van der Waals surface area contributed by atoms with Crippen LogP contribution in [0.2, 0.25) is 0 Å². The number of hydrogen-bond donors (Lipinski definition) is 1. The predicted molar refractivity (Wildman–Crippen MR) is 75.8 cm³/mol. The average molecular weight is 361 g/mol. The summed E-state index contributed by atoms with van der Waals surface area (Å²) in [6, 6.07) is 6.82. The molecule has 0 aliphatic carbocycles. The average Bonchev–Trinajstić information content (AvgIpc) is 2.35. The Hall–Kier alpha value is -0.780. The van der Waals surface area contributed by atoms with Crippen molar-refractivity contribution in [2.45, 2.75) is 6.61 Å². The Morgan fingerprint density at radius 3 is 3.00 bits per heavy atom. The first kappa shape index (κ1) is 12.7. The molecular formula is C11H9INO3P. The third-order valence-corrected chi connectivity index (χ3v) is 3.54. The molecule has 0 spiro atoms. The number of halogens is 1. The molecule has 1 unspecified atom stereocenters. The van der Waals surface area contributed by atoms with Crippen LogP contribution in [0.1, 0.15) is 16.1 Å². The standard InChI is InChI=1S/C11H9INO3P/c12-17-16-6-10-9-2-1-8(11(14)15)5-7(9)3-4-13-10/h1-5,17H,6H2,(H,14,15). The molecule has 1 aromatic heterocycles. The number of carboxylic acids is 1. The maximum atomic E-state index is 10.9. The fourth-order valence-electron chi connectivity index (χ4n) is 1.58. The van der Waals surface area contributed by atoms with Crippen LogP contribution in [0.3, 0.4) is 0 Å². The molecule has 0 aliphatic heterocycles. The van der Waals surface area contributed by atoms with Crippen LogP contribution in [0.15, 0.2) is 30.5 Å². The summed E-state index contributed by atoms with van der Waals surface area (Å²) in [6.07, 6.45) is 1.67. The van der Waals surface area contributed by atoms with Crippen molar-refractivity contribution in [1.82, 2.24) is 4.98 Å². The number of hydrogen-bond acceptors (Lipinski definition) is 3. The summed E-state index contributed by atoms with van der Waals surface area (Å²) in [6.45, 7) is 0.834. The van der Waals surface area contributed by atoms with E-state index >= 15 is 0 Å². The van der Waals surface area contributed by atoms with Crippen molar-refractivity contribution in [2.75, 3.05) is 0 Å². The van der Waals surface area contributed by atoms with Crippen molar-refractivity contribution < 1.29 is 14.4 Å². The number of aromatic nitrogens is 1. The number of rotatable bonds is 4. The van der Waals surface area contributed by atoms with Gasteiger partial charge in [-0.3, -0.25) is 4.98 Å². The van der Waals surface area contributed by atoms with Crippen LogP contribution in [-0.2, 0) is 11.1 Å². The molecule has 2 rings (SSSR count). The summed E-state index contributed by atoms with van der Waals surface area (Å²) >= 11 is 2.15. The second-order valence-corrected chi connectivity index (χ2v) is 5.13. The molecule has 6 heteroatoms. The van der Waals surface area contributed by atoms with Crippen molar-refractivity contribution in [2.24, 2.45) is 0 Å². The van der Waals surface area contributed by atoms with Crippen LogP contribution in [0.5, 0.6) is 0 Å². The lowest BCUT2D eigenvalue weighted by Crippen LogP contribution is -1.97. The lowest BCUT2D eigenvalue weighted by molar-refractivity contribution is 0.0697. The number of pyridine rings is 1. The number of fused-ring (bicyclic) bond motifs is 1. The molecule has 1 atom stereocenters. The molecule has 4 nitrogen and oxygen atoms in total. The molecule has 88 valence electrons. The first-order chi connectivity index (χ1) is 8.22. The highest BCUT2D eigenvalue weighted by Crippen LogP contribution is 2.26. The van der Waals surface area contributed by atoms with E-state index in [1.54, 1.807) is 30.5 Å². The zero-order chi connectivity index (χ0) is 12.3. The van der Waals surface area contributed by atoms with Gasteiger partial charge in [0.25, 0.3) is 0 Å². The maximum Gasteiger partial charge on any atom is 0.335 e. The van der Waals surface area contributed by atoms with Gasteiger partial charge in [-0.05, 0) is 45.6 Å². The smallest absolute Gasteiger partial charge is 0.335 e. The summed E-state index contributed by atoms with van der Waals surface area (Å²) in [7, 11) is 0. The molecule has 17 heavy (non-hydrogen) atoms. The Kier molecular flexibility index (Phi) is 4.25. The Morgan fingerprint density at radius 1 is 1.47 bits per heavy atom. The van der Waals surface area contributed by atoms with Gasteiger partial charge in [0.2, 0.25) is 0 Å². The first-order valence-corrected chi connectivity index (χ1v) is 8.83. The molecule has 0 radical (unpaired) electrons. The highest BCUT2D eigenvalue weighted by atomic mass is 127. The van der Waals surface area contributed by atoms with Crippen LogP contribution < -0.4 is 0 Å². The van der Waals surface area contributed by atoms with Gasteiger partial charge in [0, 0.05) is 11.6 Å². The SMILES string of the molecule is O=C(O)c1ccc2c(COPI)nccc2c1. The molecule has 0 saturated carbocycles. The van der Waals surface area contributed by atoms with Crippen LogP contribution in [0, 0.1) is 0 Å². The van der Waals surface area contributed by atoms with E-state index in [9.17, 15) is 4.79 Å². The maximum absolute atomic E-state index is 10.9. The van der Waals surface area contributed by atoms with E-state index < -0.39 is 5.97 Å². The largest absolute Gasteiger partial charge is 0.478 e. The summed E-state index contributed by atoms with van der Waals surface area (Å²) in [5, 5.41) is 10.7. The molecule has 0 bridgehead atoms. The van der Waals surface area contributed by atoms with Crippen molar-refractivity contribution in [3.05, 3.63) is 41.7 Å². The highest BCUT2D eigenvalue weighted by Gasteiger charge is 2.07. The third kappa shape index (κ3) is 2.91.